The van der Waals surface area contributed by atoms with Crippen LogP contribution in [0.5, 0.6) is 0 Å². The number of hydrogen-bond donors (Lipinski definition) is 0. The molecule has 0 spiro atoms. The molecule has 1 fully saturated rings. The second kappa shape index (κ2) is 5.97. The number of nitrogens with zero attached hydrogens (tertiary/aromatic N) is 4. The molecule has 0 saturated carbocycles. The van der Waals surface area contributed by atoms with Gasteiger partial charge in [0, 0.05) is 40.2 Å². The van der Waals surface area contributed by atoms with Gasteiger partial charge in [0.25, 0.3) is 0 Å². The average Bonchev–Trinajstić information content (AvgIpc) is 2.98. The lowest BCUT2D eigenvalue weighted by atomic mass is 10.0. The van der Waals surface area contributed by atoms with Gasteiger partial charge in [0.05, 0.1) is 18.2 Å². The van der Waals surface area contributed by atoms with E-state index < -0.39 is 0 Å². The zero-order chi connectivity index (χ0) is 14.8. The lowest BCUT2D eigenvalue weighted by Gasteiger charge is -2.29. The van der Waals surface area contributed by atoms with Crippen LogP contribution in [0.4, 0.5) is 5.82 Å². The van der Waals surface area contributed by atoms with E-state index in [2.05, 4.69) is 10.2 Å². The third-order valence-electron chi connectivity index (χ3n) is 4.16. The zero-order valence-electron chi connectivity index (χ0n) is 12.7. The van der Waals surface area contributed by atoms with Crippen molar-refractivity contribution < 1.29 is 9.53 Å². The van der Waals surface area contributed by atoms with Gasteiger partial charge in [-0.3, -0.25) is 4.79 Å². The lowest BCUT2D eigenvalue weighted by molar-refractivity contribution is -0.134. The van der Waals surface area contributed by atoms with Crippen LogP contribution in [-0.4, -0.2) is 54.4 Å². The van der Waals surface area contributed by atoms with E-state index in [1.54, 1.807) is 0 Å². The first kappa shape index (κ1) is 14.3. The highest BCUT2D eigenvalue weighted by Crippen LogP contribution is 2.22. The van der Waals surface area contributed by atoms with Gasteiger partial charge in [-0.25, -0.2) is 0 Å². The summed E-state index contributed by atoms with van der Waals surface area (Å²) in [6.45, 7) is 2.16. The van der Waals surface area contributed by atoms with Crippen LogP contribution in [0.25, 0.3) is 0 Å². The summed E-state index contributed by atoms with van der Waals surface area (Å²) in [5.74, 6) is 1.03. The number of rotatable bonds is 3. The Morgan fingerprint density at radius 2 is 2.33 bits per heavy atom. The first-order valence-electron chi connectivity index (χ1n) is 7.55. The van der Waals surface area contributed by atoms with Gasteiger partial charge in [-0.1, -0.05) is 0 Å². The van der Waals surface area contributed by atoms with E-state index in [4.69, 9.17) is 4.74 Å². The fourth-order valence-corrected chi connectivity index (χ4v) is 2.88. The number of hydrogen-bond acceptors (Lipinski definition) is 5. The molecule has 0 N–H and O–H groups in total. The second-order valence-electron chi connectivity index (χ2n) is 5.97. The summed E-state index contributed by atoms with van der Waals surface area (Å²) in [4.78, 5) is 16.2. The molecule has 0 aromatic carbocycles. The van der Waals surface area contributed by atoms with E-state index in [9.17, 15) is 4.79 Å². The van der Waals surface area contributed by atoms with Crippen LogP contribution in [0.15, 0.2) is 6.07 Å². The van der Waals surface area contributed by atoms with Gasteiger partial charge in [-0.15, -0.1) is 5.10 Å². The molecular formula is C15H22N4O2. The molecule has 0 aliphatic carbocycles. The van der Waals surface area contributed by atoms with Crippen molar-refractivity contribution in [3.63, 3.8) is 0 Å². The third kappa shape index (κ3) is 3.15. The molecule has 3 rings (SSSR count). The summed E-state index contributed by atoms with van der Waals surface area (Å²) in [7, 11) is 3.89. The number of carbonyl (C=O) groups is 1. The Morgan fingerprint density at radius 3 is 3.05 bits per heavy atom. The number of ether oxygens (including phenoxy) is 1. The predicted molar refractivity (Wildman–Crippen MR) is 79.1 cm³/mol. The van der Waals surface area contributed by atoms with Crippen LogP contribution >= 0.6 is 0 Å². The molecule has 3 heterocycles. The molecule has 1 saturated heterocycles. The Balaban J connectivity index is 1.67. The number of fused-ring (bicyclic) bond motifs is 1. The Labute approximate surface area is 125 Å². The standard InChI is InChI=1S/C15H22N4O2/c1-18(2)14-8-11-10-19(6-5-13(11)16-17-14)15(20)9-12-4-3-7-21-12/h8,12H,3-7,9-10H2,1-2H3/t12-/m0/s1. The molecule has 1 aromatic heterocycles. The van der Waals surface area contributed by atoms with Crippen molar-refractivity contribution in [2.45, 2.75) is 38.3 Å². The lowest BCUT2D eigenvalue weighted by Crippen LogP contribution is -2.38. The van der Waals surface area contributed by atoms with Crippen molar-refractivity contribution in [1.29, 1.82) is 0 Å². The number of aromatic nitrogens is 2. The molecule has 0 radical (unpaired) electrons. The summed E-state index contributed by atoms with van der Waals surface area (Å²) < 4.78 is 5.56. The van der Waals surface area contributed by atoms with Gasteiger partial charge in [0.15, 0.2) is 5.82 Å². The van der Waals surface area contributed by atoms with Gasteiger partial charge in [-0.05, 0) is 24.5 Å². The summed E-state index contributed by atoms with van der Waals surface area (Å²) >= 11 is 0. The quantitative estimate of drug-likeness (QED) is 0.831. The fourth-order valence-electron chi connectivity index (χ4n) is 2.88. The molecule has 114 valence electrons. The third-order valence-corrected chi connectivity index (χ3v) is 4.16. The van der Waals surface area contributed by atoms with E-state index in [0.29, 0.717) is 13.0 Å². The van der Waals surface area contributed by atoms with E-state index in [1.807, 2.05) is 30.0 Å². The SMILES string of the molecule is CN(C)c1cc2c(nn1)CCN(C(=O)C[C@@H]1CCCO1)C2. The van der Waals surface area contributed by atoms with Crippen molar-refractivity contribution in [2.75, 3.05) is 32.1 Å². The molecular weight excluding hydrogens is 268 g/mol. The minimum atomic E-state index is 0.117. The first-order chi connectivity index (χ1) is 10.1. The predicted octanol–water partition coefficient (Wildman–Crippen LogP) is 0.996. The molecule has 2 aliphatic rings. The number of anilines is 1. The summed E-state index contributed by atoms with van der Waals surface area (Å²) in [6.07, 6.45) is 3.49. The molecule has 0 bridgehead atoms. The van der Waals surface area contributed by atoms with Gasteiger partial charge in [-0.2, -0.15) is 5.10 Å². The molecule has 21 heavy (non-hydrogen) atoms. The van der Waals surface area contributed by atoms with E-state index in [-0.39, 0.29) is 12.0 Å². The highest BCUT2D eigenvalue weighted by atomic mass is 16.5. The molecule has 6 nitrogen and oxygen atoms in total. The zero-order valence-corrected chi connectivity index (χ0v) is 12.7. The maximum absolute atomic E-state index is 12.4. The topological polar surface area (TPSA) is 58.6 Å². The van der Waals surface area contributed by atoms with Crippen molar-refractivity contribution >= 4 is 11.7 Å². The molecule has 0 unspecified atom stereocenters. The van der Waals surface area contributed by atoms with Crippen molar-refractivity contribution in [1.82, 2.24) is 15.1 Å². The Morgan fingerprint density at radius 1 is 1.48 bits per heavy atom. The monoisotopic (exact) mass is 290 g/mol. The Kier molecular flexibility index (Phi) is 4.05. The number of amides is 1. The minimum Gasteiger partial charge on any atom is -0.378 e. The van der Waals surface area contributed by atoms with Gasteiger partial charge in [0.1, 0.15) is 0 Å². The molecule has 1 amide bonds. The van der Waals surface area contributed by atoms with Crippen molar-refractivity contribution in [2.24, 2.45) is 0 Å². The fraction of sp³-hybridized carbons (Fsp3) is 0.667. The highest BCUT2D eigenvalue weighted by molar-refractivity contribution is 5.77. The van der Waals surface area contributed by atoms with Crippen molar-refractivity contribution in [3.8, 4) is 0 Å². The maximum Gasteiger partial charge on any atom is 0.225 e. The Bertz CT molecular complexity index is 526. The summed E-state index contributed by atoms with van der Waals surface area (Å²) in [6, 6.07) is 2.04. The van der Waals surface area contributed by atoms with Crippen LogP contribution in [0, 0.1) is 0 Å². The van der Waals surface area contributed by atoms with Gasteiger partial charge >= 0.3 is 0 Å². The molecule has 1 atom stereocenters. The number of carbonyl (C=O) groups excluding carboxylic acids is 1. The van der Waals surface area contributed by atoms with Gasteiger partial charge in [0.2, 0.25) is 5.91 Å². The van der Waals surface area contributed by atoms with E-state index in [0.717, 1.165) is 49.5 Å². The van der Waals surface area contributed by atoms with Gasteiger partial charge < -0.3 is 14.5 Å². The largest absolute Gasteiger partial charge is 0.378 e. The molecule has 1 aromatic rings. The normalized spacial score (nSPS) is 21.2. The van der Waals surface area contributed by atoms with Crippen molar-refractivity contribution in [3.05, 3.63) is 17.3 Å². The van der Waals surface area contributed by atoms with E-state index >= 15 is 0 Å². The summed E-state index contributed by atoms with van der Waals surface area (Å²) in [5, 5.41) is 8.48. The highest BCUT2D eigenvalue weighted by Gasteiger charge is 2.26. The van der Waals surface area contributed by atoms with Crippen LogP contribution in [0.2, 0.25) is 0 Å². The van der Waals surface area contributed by atoms with E-state index in [1.165, 1.54) is 0 Å². The van der Waals surface area contributed by atoms with Crippen LogP contribution in [0.1, 0.15) is 30.5 Å². The average molecular weight is 290 g/mol. The van der Waals surface area contributed by atoms with Crippen LogP contribution in [-0.2, 0) is 22.5 Å². The molecule has 6 heteroatoms. The Hall–Kier alpha value is -1.69. The summed E-state index contributed by atoms with van der Waals surface area (Å²) in [5.41, 5.74) is 2.13. The van der Waals surface area contributed by atoms with Crippen LogP contribution in [0.3, 0.4) is 0 Å². The molecule has 2 aliphatic heterocycles. The first-order valence-corrected chi connectivity index (χ1v) is 7.55. The van der Waals surface area contributed by atoms with Crippen LogP contribution < -0.4 is 4.90 Å². The second-order valence-corrected chi connectivity index (χ2v) is 5.97. The smallest absolute Gasteiger partial charge is 0.225 e. The minimum absolute atomic E-state index is 0.117. The maximum atomic E-state index is 12.4.